The van der Waals surface area contributed by atoms with Gasteiger partial charge in [-0.05, 0) is 72.0 Å². The average Bonchev–Trinajstić information content (AvgIpc) is 2.44. The third kappa shape index (κ3) is 4.55. The lowest BCUT2D eigenvalue weighted by Gasteiger charge is -2.37. The van der Waals surface area contributed by atoms with Gasteiger partial charge in [0.1, 0.15) is 0 Å². The quantitative estimate of drug-likeness (QED) is 0.878. The van der Waals surface area contributed by atoms with Gasteiger partial charge in [-0.2, -0.15) is 0 Å². The monoisotopic (exact) mass is 288 g/mol. The van der Waals surface area contributed by atoms with Gasteiger partial charge in [-0.15, -0.1) is 0 Å². The highest BCUT2D eigenvalue weighted by molar-refractivity contribution is 5.30. The SMILES string of the molecule is Cc1cc(C)cc(C(C)N(CC2CCCNC2)C(C)C)c1. The minimum absolute atomic E-state index is 0.491. The molecule has 1 aromatic carbocycles. The van der Waals surface area contributed by atoms with E-state index in [9.17, 15) is 0 Å². The van der Waals surface area contributed by atoms with Crippen molar-refractivity contribution in [3.63, 3.8) is 0 Å². The topological polar surface area (TPSA) is 15.3 Å². The molecule has 21 heavy (non-hydrogen) atoms. The molecule has 0 aliphatic carbocycles. The van der Waals surface area contributed by atoms with Gasteiger partial charge in [0.05, 0.1) is 0 Å². The maximum absolute atomic E-state index is 3.55. The maximum Gasteiger partial charge on any atom is 0.0322 e. The third-order valence-corrected chi connectivity index (χ3v) is 4.76. The summed E-state index contributed by atoms with van der Waals surface area (Å²) >= 11 is 0. The van der Waals surface area contributed by atoms with E-state index in [4.69, 9.17) is 0 Å². The van der Waals surface area contributed by atoms with E-state index in [2.05, 4.69) is 63.0 Å². The first-order chi connectivity index (χ1) is 9.97. The molecule has 1 N–H and O–H groups in total. The minimum atomic E-state index is 0.491. The summed E-state index contributed by atoms with van der Waals surface area (Å²) in [4.78, 5) is 2.67. The fourth-order valence-corrected chi connectivity index (χ4v) is 3.64. The molecule has 1 aliphatic rings. The van der Waals surface area contributed by atoms with Crippen LogP contribution in [0.4, 0.5) is 0 Å². The van der Waals surface area contributed by atoms with Crippen LogP contribution in [0.1, 0.15) is 56.3 Å². The Labute approximate surface area is 130 Å². The summed E-state index contributed by atoms with van der Waals surface area (Å²) in [6.07, 6.45) is 2.70. The van der Waals surface area contributed by atoms with Gasteiger partial charge in [-0.3, -0.25) is 4.90 Å². The standard InChI is InChI=1S/C19H32N2/c1-14(2)21(13-18-7-6-8-20-12-18)17(5)19-10-15(3)9-16(4)11-19/h9-11,14,17-18,20H,6-8,12-13H2,1-5H3. The normalized spacial score (nSPS) is 21.0. The molecule has 0 saturated carbocycles. The molecule has 2 atom stereocenters. The first-order valence-electron chi connectivity index (χ1n) is 8.52. The van der Waals surface area contributed by atoms with Gasteiger partial charge < -0.3 is 5.32 Å². The van der Waals surface area contributed by atoms with Gasteiger partial charge in [0.25, 0.3) is 0 Å². The van der Waals surface area contributed by atoms with E-state index in [0.29, 0.717) is 12.1 Å². The zero-order valence-electron chi connectivity index (χ0n) is 14.4. The summed E-state index contributed by atoms with van der Waals surface area (Å²) in [7, 11) is 0. The molecule has 0 radical (unpaired) electrons. The zero-order valence-corrected chi connectivity index (χ0v) is 14.4. The van der Waals surface area contributed by atoms with E-state index in [1.54, 1.807) is 0 Å². The molecule has 1 aliphatic heterocycles. The number of benzene rings is 1. The number of hydrogen-bond donors (Lipinski definition) is 1. The Kier molecular flexibility index (Phi) is 5.83. The van der Waals surface area contributed by atoms with E-state index in [1.807, 2.05) is 0 Å². The van der Waals surface area contributed by atoms with Gasteiger partial charge in [0.2, 0.25) is 0 Å². The van der Waals surface area contributed by atoms with Crippen LogP contribution in [-0.4, -0.2) is 30.6 Å². The van der Waals surface area contributed by atoms with Crippen molar-refractivity contribution in [3.05, 3.63) is 34.9 Å². The fraction of sp³-hybridized carbons (Fsp3) is 0.684. The van der Waals surface area contributed by atoms with Crippen molar-refractivity contribution in [3.8, 4) is 0 Å². The largest absolute Gasteiger partial charge is 0.316 e. The Morgan fingerprint density at radius 3 is 2.33 bits per heavy atom. The van der Waals surface area contributed by atoms with E-state index in [1.165, 1.54) is 49.2 Å². The molecule has 1 aromatic rings. The van der Waals surface area contributed by atoms with Gasteiger partial charge in [-0.25, -0.2) is 0 Å². The van der Waals surface area contributed by atoms with Crippen molar-refractivity contribution < 1.29 is 0 Å². The Hall–Kier alpha value is -0.860. The van der Waals surface area contributed by atoms with E-state index < -0.39 is 0 Å². The summed E-state index contributed by atoms with van der Waals surface area (Å²) in [5, 5.41) is 3.55. The van der Waals surface area contributed by atoms with Crippen molar-refractivity contribution in [2.45, 2.75) is 59.5 Å². The van der Waals surface area contributed by atoms with Crippen LogP contribution in [0.25, 0.3) is 0 Å². The van der Waals surface area contributed by atoms with Gasteiger partial charge in [0.15, 0.2) is 0 Å². The molecule has 2 heteroatoms. The van der Waals surface area contributed by atoms with E-state index in [-0.39, 0.29) is 0 Å². The second-order valence-electron chi connectivity index (χ2n) is 7.10. The highest BCUT2D eigenvalue weighted by atomic mass is 15.2. The van der Waals surface area contributed by atoms with Crippen LogP contribution >= 0.6 is 0 Å². The zero-order chi connectivity index (χ0) is 15.4. The molecule has 1 heterocycles. The number of aryl methyl sites for hydroxylation is 2. The number of nitrogens with one attached hydrogen (secondary N) is 1. The second-order valence-corrected chi connectivity index (χ2v) is 7.10. The average molecular weight is 288 g/mol. The van der Waals surface area contributed by atoms with Gasteiger partial charge in [0, 0.05) is 18.6 Å². The minimum Gasteiger partial charge on any atom is -0.316 e. The molecule has 2 nitrogen and oxygen atoms in total. The summed E-state index contributed by atoms with van der Waals surface area (Å²) in [6.45, 7) is 15.0. The smallest absolute Gasteiger partial charge is 0.0322 e. The van der Waals surface area contributed by atoms with E-state index in [0.717, 1.165) is 5.92 Å². The van der Waals surface area contributed by atoms with Gasteiger partial charge in [-0.1, -0.05) is 29.3 Å². The molecule has 118 valence electrons. The predicted molar refractivity (Wildman–Crippen MR) is 91.8 cm³/mol. The van der Waals surface area contributed by atoms with Crippen LogP contribution < -0.4 is 5.32 Å². The highest BCUT2D eigenvalue weighted by Crippen LogP contribution is 2.26. The number of piperidine rings is 1. The Morgan fingerprint density at radius 2 is 1.81 bits per heavy atom. The van der Waals surface area contributed by atoms with Crippen LogP contribution in [0.3, 0.4) is 0 Å². The Bertz CT molecular complexity index is 427. The molecule has 1 saturated heterocycles. The molecule has 1 fully saturated rings. The van der Waals surface area contributed by atoms with Crippen molar-refractivity contribution in [1.82, 2.24) is 10.2 Å². The molecular formula is C19H32N2. The fourth-order valence-electron chi connectivity index (χ4n) is 3.64. The van der Waals surface area contributed by atoms with Crippen LogP contribution in [0.5, 0.6) is 0 Å². The van der Waals surface area contributed by atoms with Crippen molar-refractivity contribution in [1.29, 1.82) is 0 Å². The number of rotatable bonds is 5. The molecule has 0 amide bonds. The number of hydrogen-bond acceptors (Lipinski definition) is 2. The van der Waals surface area contributed by atoms with Crippen molar-refractivity contribution >= 4 is 0 Å². The summed E-state index contributed by atoms with van der Waals surface area (Å²) in [5.74, 6) is 0.800. The summed E-state index contributed by atoms with van der Waals surface area (Å²) < 4.78 is 0. The lowest BCUT2D eigenvalue weighted by atomic mass is 9.95. The lowest BCUT2D eigenvalue weighted by molar-refractivity contribution is 0.126. The molecule has 2 unspecified atom stereocenters. The van der Waals surface area contributed by atoms with Crippen LogP contribution in [0.2, 0.25) is 0 Å². The molecule has 0 spiro atoms. The van der Waals surface area contributed by atoms with Crippen LogP contribution in [0.15, 0.2) is 18.2 Å². The first-order valence-corrected chi connectivity index (χ1v) is 8.52. The number of nitrogens with zero attached hydrogens (tertiary/aromatic N) is 1. The molecular weight excluding hydrogens is 256 g/mol. The maximum atomic E-state index is 3.55. The van der Waals surface area contributed by atoms with Crippen molar-refractivity contribution in [2.75, 3.05) is 19.6 Å². The van der Waals surface area contributed by atoms with Crippen molar-refractivity contribution in [2.24, 2.45) is 5.92 Å². The summed E-state index contributed by atoms with van der Waals surface area (Å²) in [5.41, 5.74) is 4.21. The van der Waals surface area contributed by atoms with Crippen LogP contribution in [0, 0.1) is 19.8 Å². The van der Waals surface area contributed by atoms with E-state index >= 15 is 0 Å². The van der Waals surface area contributed by atoms with Crippen LogP contribution in [-0.2, 0) is 0 Å². The second kappa shape index (κ2) is 7.42. The summed E-state index contributed by atoms with van der Waals surface area (Å²) in [6, 6.07) is 8.05. The molecule has 2 rings (SSSR count). The Balaban J connectivity index is 2.12. The van der Waals surface area contributed by atoms with Gasteiger partial charge >= 0.3 is 0 Å². The predicted octanol–water partition coefficient (Wildman–Crippen LogP) is 4.07. The highest BCUT2D eigenvalue weighted by Gasteiger charge is 2.23. The lowest BCUT2D eigenvalue weighted by Crippen LogP contribution is -2.42. The molecule has 0 bridgehead atoms. The third-order valence-electron chi connectivity index (χ3n) is 4.76. The first kappa shape index (κ1) is 16.5. The Morgan fingerprint density at radius 1 is 1.14 bits per heavy atom. The molecule has 0 aromatic heterocycles.